The molecule has 0 bridgehead atoms. The van der Waals surface area contributed by atoms with Gasteiger partial charge in [-0.25, -0.2) is 0 Å². The Morgan fingerprint density at radius 2 is 1.95 bits per heavy atom. The van der Waals surface area contributed by atoms with E-state index in [0.717, 1.165) is 36.3 Å². The molecule has 2 saturated carbocycles. The first-order valence-corrected chi connectivity index (χ1v) is 7.51. The minimum absolute atomic E-state index is 0.657. The zero-order valence-corrected chi connectivity index (χ0v) is 12.2. The quantitative estimate of drug-likeness (QED) is 0.892. The SMILES string of the molecule is Cc1cc(OCC2CCC2)c(C2(C(=O)O)CC2)cc1C. The van der Waals surface area contributed by atoms with Crippen LogP contribution in [0.25, 0.3) is 0 Å². The van der Waals surface area contributed by atoms with E-state index in [-0.39, 0.29) is 0 Å². The lowest BCUT2D eigenvalue weighted by Crippen LogP contribution is -2.23. The number of carboxylic acid groups (broad SMARTS) is 1. The summed E-state index contributed by atoms with van der Waals surface area (Å²) < 4.78 is 5.99. The molecular weight excluding hydrogens is 252 g/mol. The second-order valence-electron chi connectivity index (χ2n) is 6.43. The molecule has 0 radical (unpaired) electrons. The molecule has 0 aliphatic heterocycles. The smallest absolute Gasteiger partial charge is 0.314 e. The maximum Gasteiger partial charge on any atom is 0.314 e. The number of aryl methyl sites for hydroxylation is 2. The standard InChI is InChI=1S/C17H22O3/c1-11-8-14(17(6-7-17)16(18)19)15(9-12(11)2)20-10-13-4-3-5-13/h8-9,13H,3-7,10H2,1-2H3,(H,18,19). The Hall–Kier alpha value is -1.51. The van der Waals surface area contributed by atoms with Gasteiger partial charge in [0.15, 0.2) is 0 Å². The van der Waals surface area contributed by atoms with Crippen molar-refractivity contribution in [3.63, 3.8) is 0 Å². The van der Waals surface area contributed by atoms with E-state index >= 15 is 0 Å². The summed E-state index contributed by atoms with van der Waals surface area (Å²) in [5, 5.41) is 9.52. The van der Waals surface area contributed by atoms with Gasteiger partial charge in [0.05, 0.1) is 12.0 Å². The third kappa shape index (κ3) is 2.19. The Kier molecular flexibility index (Phi) is 3.23. The third-order valence-electron chi connectivity index (χ3n) is 4.97. The lowest BCUT2D eigenvalue weighted by atomic mass is 9.86. The fraction of sp³-hybridized carbons (Fsp3) is 0.588. The molecule has 2 aliphatic rings. The Labute approximate surface area is 120 Å². The summed E-state index contributed by atoms with van der Waals surface area (Å²) in [5.74, 6) is 0.735. The van der Waals surface area contributed by atoms with E-state index in [4.69, 9.17) is 4.74 Å². The van der Waals surface area contributed by atoms with Gasteiger partial charge in [-0.1, -0.05) is 12.5 Å². The Morgan fingerprint density at radius 1 is 1.30 bits per heavy atom. The highest BCUT2D eigenvalue weighted by molar-refractivity contribution is 5.86. The van der Waals surface area contributed by atoms with Crippen molar-refractivity contribution in [3.8, 4) is 5.75 Å². The van der Waals surface area contributed by atoms with Crippen molar-refractivity contribution in [3.05, 3.63) is 28.8 Å². The summed E-state index contributed by atoms with van der Waals surface area (Å²) in [6.45, 7) is 4.81. The first kappa shape index (κ1) is 13.5. The van der Waals surface area contributed by atoms with Crippen LogP contribution in [0.1, 0.15) is 48.8 Å². The maximum atomic E-state index is 11.6. The van der Waals surface area contributed by atoms with E-state index < -0.39 is 11.4 Å². The van der Waals surface area contributed by atoms with Crippen LogP contribution < -0.4 is 4.74 Å². The lowest BCUT2D eigenvalue weighted by molar-refractivity contribution is -0.140. The molecule has 3 heteroatoms. The minimum atomic E-state index is -0.714. The molecule has 20 heavy (non-hydrogen) atoms. The molecule has 2 aliphatic carbocycles. The molecule has 2 fully saturated rings. The first-order valence-electron chi connectivity index (χ1n) is 7.51. The zero-order valence-electron chi connectivity index (χ0n) is 12.2. The van der Waals surface area contributed by atoms with Crippen molar-refractivity contribution in [1.82, 2.24) is 0 Å². The van der Waals surface area contributed by atoms with E-state index in [9.17, 15) is 9.90 Å². The molecule has 0 heterocycles. The molecule has 0 aromatic heterocycles. The van der Waals surface area contributed by atoms with Crippen molar-refractivity contribution in [1.29, 1.82) is 0 Å². The highest BCUT2D eigenvalue weighted by Crippen LogP contribution is 2.52. The van der Waals surface area contributed by atoms with Gasteiger partial charge in [0.2, 0.25) is 0 Å². The highest BCUT2D eigenvalue weighted by atomic mass is 16.5. The van der Waals surface area contributed by atoms with Gasteiger partial charge < -0.3 is 9.84 Å². The summed E-state index contributed by atoms with van der Waals surface area (Å²) in [6, 6.07) is 4.04. The van der Waals surface area contributed by atoms with Crippen LogP contribution in [0, 0.1) is 19.8 Å². The second-order valence-corrected chi connectivity index (χ2v) is 6.43. The average molecular weight is 274 g/mol. The topological polar surface area (TPSA) is 46.5 Å². The predicted octanol–water partition coefficient (Wildman–Crippen LogP) is 3.60. The molecular formula is C17H22O3. The molecule has 1 N–H and O–H groups in total. The predicted molar refractivity (Wildman–Crippen MR) is 77.3 cm³/mol. The summed E-state index contributed by atoms with van der Waals surface area (Å²) >= 11 is 0. The fourth-order valence-corrected chi connectivity index (χ4v) is 2.87. The molecule has 0 unspecified atom stereocenters. The lowest BCUT2D eigenvalue weighted by Gasteiger charge is -2.26. The number of carbonyl (C=O) groups is 1. The van der Waals surface area contributed by atoms with Crippen molar-refractivity contribution < 1.29 is 14.6 Å². The van der Waals surface area contributed by atoms with E-state index in [1.165, 1.54) is 24.8 Å². The van der Waals surface area contributed by atoms with Crippen LogP contribution in [0.5, 0.6) is 5.75 Å². The van der Waals surface area contributed by atoms with Crippen LogP contribution >= 0.6 is 0 Å². The van der Waals surface area contributed by atoms with Gasteiger partial charge in [-0.2, -0.15) is 0 Å². The van der Waals surface area contributed by atoms with Crippen LogP contribution in [0.2, 0.25) is 0 Å². The number of rotatable bonds is 5. The van der Waals surface area contributed by atoms with Crippen molar-refractivity contribution in [2.75, 3.05) is 6.61 Å². The maximum absolute atomic E-state index is 11.6. The summed E-state index contributed by atoms with van der Waals surface area (Å²) in [7, 11) is 0. The van der Waals surface area contributed by atoms with Crippen LogP contribution in [-0.2, 0) is 10.2 Å². The van der Waals surface area contributed by atoms with Gasteiger partial charge in [-0.3, -0.25) is 4.79 Å². The molecule has 1 aromatic carbocycles. The number of ether oxygens (including phenoxy) is 1. The van der Waals surface area contributed by atoms with Crippen LogP contribution in [0.15, 0.2) is 12.1 Å². The van der Waals surface area contributed by atoms with Gasteiger partial charge in [0.1, 0.15) is 5.75 Å². The van der Waals surface area contributed by atoms with Gasteiger partial charge in [-0.05, 0) is 62.6 Å². The number of aliphatic carboxylic acids is 1. The molecule has 108 valence electrons. The molecule has 3 nitrogen and oxygen atoms in total. The Morgan fingerprint density at radius 3 is 2.45 bits per heavy atom. The summed E-state index contributed by atoms with van der Waals surface area (Å²) in [4.78, 5) is 11.6. The van der Waals surface area contributed by atoms with Crippen molar-refractivity contribution in [2.24, 2.45) is 5.92 Å². The normalized spacial score (nSPS) is 20.3. The molecule has 0 spiro atoms. The highest BCUT2D eigenvalue weighted by Gasteiger charge is 2.53. The second kappa shape index (κ2) is 4.80. The monoisotopic (exact) mass is 274 g/mol. The van der Waals surface area contributed by atoms with E-state index in [1.54, 1.807) is 0 Å². The molecule has 0 saturated heterocycles. The van der Waals surface area contributed by atoms with Crippen LogP contribution in [0.3, 0.4) is 0 Å². The van der Waals surface area contributed by atoms with E-state index in [1.807, 2.05) is 19.1 Å². The molecule has 0 amide bonds. The minimum Gasteiger partial charge on any atom is -0.493 e. The first-order chi connectivity index (χ1) is 9.53. The summed E-state index contributed by atoms with van der Waals surface area (Å²) in [6.07, 6.45) is 5.23. The van der Waals surface area contributed by atoms with Crippen molar-refractivity contribution in [2.45, 2.75) is 51.4 Å². The molecule has 3 rings (SSSR count). The molecule has 0 atom stereocenters. The van der Waals surface area contributed by atoms with E-state index in [0.29, 0.717) is 5.92 Å². The van der Waals surface area contributed by atoms with Crippen LogP contribution in [0.4, 0.5) is 0 Å². The van der Waals surface area contributed by atoms with Gasteiger partial charge in [0.25, 0.3) is 0 Å². The van der Waals surface area contributed by atoms with Gasteiger partial charge in [0, 0.05) is 5.56 Å². The van der Waals surface area contributed by atoms with Crippen molar-refractivity contribution >= 4 is 5.97 Å². The molecule has 1 aromatic rings. The van der Waals surface area contributed by atoms with Gasteiger partial charge in [-0.15, -0.1) is 0 Å². The third-order valence-corrected chi connectivity index (χ3v) is 4.97. The Bertz CT molecular complexity index is 539. The fourth-order valence-electron chi connectivity index (χ4n) is 2.87. The number of hydrogen-bond donors (Lipinski definition) is 1. The average Bonchev–Trinajstić information content (AvgIpc) is 3.12. The largest absolute Gasteiger partial charge is 0.493 e. The van der Waals surface area contributed by atoms with Crippen LogP contribution in [-0.4, -0.2) is 17.7 Å². The summed E-state index contributed by atoms with van der Waals surface area (Å²) in [5.41, 5.74) is 2.50. The Balaban J connectivity index is 1.90. The zero-order chi connectivity index (χ0) is 14.3. The number of hydrogen-bond acceptors (Lipinski definition) is 2. The van der Waals surface area contributed by atoms with Gasteiger partial charge >= 0.3 is 5.97 Å². The number of benzene rings is 1. The number of carboxylic acids is 1. The van der Waals surface area contributed by atoms with E-state index in [2.05, 4.69) is 6.92 Å².